The molecule has 8 N–H and O–H groups in total. The van der Waals surface area contributed by atoms with Gasteiger partial charge >= 0.3 is 11.9 Å². The summed E-state index contributed by atoms with van der Waals surface area (Å²) < 4.78 is 34.9. The molecule has 1 aromatic heterocycles. The van der Waals surface area contributed by atoms with Crippen LogP contribution in [0.15, 0.2) is 6.20 Å². The fraction of sp³-hybridized carbons (Fsp3) is 0.816. The topological polar surface area (TPSA) is 325 Å². The van der Waals surface area contributed by atoms with Crippen LogP contribution in [0.3, 0.4) is 0 Å². The Morgan fingerprint density at radius 3 is 2.16 bits per heavy atom. The summed E-state index contributed by atoms with van der Waals surface area (Å²) in [6.45, 7) is 6.10. The number of likely N-dealkylation sites (tertiary alicyclic amines) is 1. The molecule has 0 bridgehead atoms. The van der Waals surface area contributed by atoms with Crippen molar-refractivity contribution in [3.63, 3.8) is 0 Å². The van der Waals surface area contributed by atoms with Gasteiger partial charge in [0.15, 0.2) is 18.7 Å². The second kappa shape index (κ2) is 22.0. The molecule has 1 aromatic rings. The fourth-order valence-corrected chi connectivity index (χ4v) is 8.14. The number of amides is 3. The maximum Gasteiger partial charge on any atom is 0.335 e. The predicted molar refractivity (Wildman–Crippen MR) is 203 cm³/mol. The summed E-state index contributed by atoms with van der Waals surface area (Å²) in [5.41, 5.74) is 6.34. The Morgan fingerprint density at radius 2 is 1.52 bits per heavy atom. The number of nitrogens with zero attached hydrogens (tertiary/aromatic N) is 5. The van der Waals surface area contributed by atoms with Gasteiger partial charge in [0, 0.05) is 19.5 Å². The van der Waals surface area contributed by atoms with E-state index in [1.54, 1.807) is 6.20 Å². The number of nitrogens with two attached hydrogens (primary N) is 1. The summed E-state index contributed by atoms with van der Waals surface area (Å²) in [4.78, 5) is 65.4. The van der Waals surface area contributed by atoms with Crippen LogP contribution >= 0.6 is 0 Å². The van der Waals surface area contributed by atoms with Crippen molar-refractivity contribution in [3.8, 4) is 0 Å². The first-order chi connectivity index (χ1) is 29.1. The van der Waals surface area contributed by atoms with Crippen LogP contribution in [0.25, 0.3) is 0 Å². The first-order valence-electron chi connectivity index (χ1n) is 20.8. The monoisotopic (exact) mass is 872 g/mol. The third-order valence-electron chi connectivity index (χ3n) is 11.5. The lowest BCUT2D eigenvalue weighted by Crippen LogP contribution is -2.66. The third kappa shape index (κ3) is 11.6. The van der Waals surface area contributed by atoms with Crippen molar-refractivity contribution >= 4 is 29.7 Å². The van der Waals surface area contributed by atoms with Gasteiger partial charge in [-0.15, -0.1) is 5.10 Å². The summed E-state index contributed by atoms with van der Waals surface area (Å²) in [6, 6.07) is -1.30. The zero-order valence-corrected chi connectivity index (χ0v) is 34.5. The van der Waals surface area contributed by atoms with Gasteiger partial charge in [0.05, 0.1) is 81.7 Å². The minimum atomic E-state index is -1.84. The Hall–Kier alpha value is -3.75. The van der Waals surface area contributed by atoms with E-state index >= 15 is 0 Å². The zero-order valence-electron chi connectivity index (χ0n) is 34.5. The molecule has 3 amide bonds. The number of carbonyl (C=O) groups is 5. The number of aliphatic hydroxyl groups is 4. The maximum atomic E-state index is 13.2. The largest absolute Gasteiger partial charge is 0.481 e. The van der Waals surface area contributed by atoms with E-state index in [0.29, 0.717) is 44.3 Å². The number of fused-ring (bicyclic) bond motifs is 1. The van der Waals surface area contributed by atoms with Crippen LogP contribution < -0.4 is 5.73 Å². The molecule has 23 nitrogen and oxygen atoms in total. The van der Waals surface area contributed by atoms with E-state index in [-0.39, 0.29) is 82.2 Å². The van der Waals surface area contributed by atoms with Crippen molar-refractivity contribution in [1.29, 1.82) is 0 Å². The molecule has 5 rings (SSSR count). The van der Waals surface area contributed by atoms with E-state index in [9.17, 15) is 49.5 Å². The summed E-state index contributed by atoms with van der Waals surface area (Å²) in [7, 11) is 0. The average molecular weight is 873 g/mol. The first kappa shape index (κ1) is 48.3. The van der Waals surface area contributed by atoms with E-state index in [1.165, 1.54) is 21.4 Å². The Balaban J connectivity index is 1.03. The Bertz CT molecular complexity index is 1630. The number of carboxylic acid groups (broad SMARTS) is 2. The number of hydrogen-bond acceptors (Lipinski definition) is 18. The number of aromatic nitrogens is 3. The molecule has 23 heteroatoms. The van der Waals surface area contributed by atoms with Gasteiger partial charge in [0.2, 0.25) is 17.7 Å². The number of ether oxygens (including phenoxy) is 6. The van der Waals surface area contributed by atoms with Crippen molar-refractivity contribution in [3.05, 3.63) is 11.9 Å². The summed E-state index contributed by atoms with van der Waals surface area (Å²) in [6.07, 6.45) is -10.3. The lowest BCUT2D eigenvalue weighted by atomic mass is 9.88. The van der Waals surface area contributed by atoms with Gasteiger partial charge in [-0.3, -0.25) is 24.1 Å². The highest BCUT2D eigenvalue weighted by Crippen LogP contribution is 2.43. The molecule has 5 heterocycles. The molecule has 4 aliphatic rings. The van der Waals surface area contributed by atoms with Crippen molar-refractivity contribution in [2.24, 2.45) is 17.6 Å². The number of rotatable bonds is 23. The van der Waals surface area contributed by atoms with Crippen LogP contribution in [0.5, 0.6) is 0 Å². The molecule has 14 atom stereocenters. The quantitative estimate of drug-likeness (QED) is 0.0444. The maximum absolute atomic E-state index is 13.2. The lowest BCUT2D eigenvalue weighted by molar-refractivity contribution is -0.337. The van der Waals surface area contributed by atoms with Gasteiger partial charge in [-0.1, -0.05) is 19.1 Å². The molecule has 0 aliphatic carbocycles. The molecule has 0 saturated carbocycles. The lowest BCUT2D eigenvalue weighted by Gasteiger charge is -2.45. The molecule has 344 valence electrons. The Kier molecular flexibility index (Phi) is 17.5. The Morgan fingerprint density at radius 1 is 0.836 bits per heavy atom. The summed E-state index contributed by atoms with van der Waals surface area (Å²) >= 11 is 0. The van der Waals surface area contributed by atoms with E-state index < -0.39 is 85.1 Å². The van der Waals surface area contributed by atoms with Gasteiger partial charge in [-0.2, -0.15) is 0 Å². The molecule has 61 heavy (non-hydrogen) atoms. The van der Waals surface area contributed by atoms with Crippen LogP contribution in [0.1, 0.15) is 71.4 Å². The van der Waals surface area contributed by atoms with Crippen LogP contribution in [-0.4, -0.2) is 192 Å². The van der Waals surface area contributed by atoms with E-state index in [2.05, 4.69) is 10.3 Å². The van der Waals surface area contributed by atoms with Crippen LogP contribution in [-0.2, 0) is 65.5 Å². The van der Waals surface area contributed by atoms with Gasteiger partial charge < -0.3 is 69.7 Å². The minimum absolute atomic E-state index is 0.0369. The predicted octanol–water partition coefficient (Wildman–Crippen LogP) is -2.43. The highest BCUT2D eigenvalue weighted by Gasteiger charge is 2.58. The van der Waals surface area contributed by atoms with Gasteiger partial charge in [-0.25, -0.2) is 9.48 Å². The smallest absolute Gasteiger partial charge is 0.335 e. The zero-order chi connectivity index (χ0) is 44.5. The van der Waals surface area contributed by atoms with Crippen LogP contribution in [0.2, 0.25) is 0 Å². The standard InChI is InChI=1S/C38H60N6O17/c1-4-21-25-26(22(5-2)59-21)35(53)44(34(25)52)12-8-6-7-11-42(23(45)9-10-24(46)47)17-20-18-43(41-40-20)13-14-56-15-16-57-38-31(51)30(50)32(33(61-38)36(54)55)60-37-27(39)29(49)28(48)19(3)58-37/h18-19,21-22,25-33,37-38,48-51H,4-17,39H2,1-3H3,(H,46,47)(H,54,55)/t19?,21-,22+,25+,26-,27?,28-,29-,30-,31?,32+,33?,37-,38-/m1/s1. The molecule has 0 radical (unpaired) electrons. The van der Waals surface area contributed by atoms with Crippen molar-refractivity contribution < 1.29 is 83.0 Å². The Labute approximate surface area is 351 Å². The molecule has 4 unspecified atom stereocenters. The van der Waals surface area contributed by atoms with Crippen LogP contribution in [0, 0.1) is 11.8 Å². The highest BCUT2D eigenvalue weighted by molar-refractivity contribution is 6.06. The number of carbonyl (C=O) groups excluding carboxylic acids is 3. The number of aliphatic hydroxyl groups excluding tert-OH is 4. The molecule has 4 saturated heterocycles. The number of hydrogen-bond donors (Lipinski definition) is 7. The van der Waals surface area contributed by atoms with E-state index in [4.69, 9.17) is 39.3 Å². The molecular formula is C38H60N6O17. The number of aliphatic carboxylic acids is 2. The number of imide groups is 1. The van der Waals surface area contributed by atoms with Gasteiger partial charge in [-0.05, 0) is 39.0 Å². The molecule has 4 fully saturated rings. The molecular weight excluding hydrogens is 812 g/mol. The minimum Gasteiger partial charge on any atom is -0.481 e. The van der Waals surface area contributed by atoms with Crippen molar-refractivity contribution in [1.82, 2.24) is 24.8 Å². The van der Waals surface area contributed by atoms with E-state index in [1.807, 2.05) is 13.8 Å². The van der Waals surface area contributed by atoms with E-state index in [0.717, 1.165) is 0 Å². The molecule has 0 spiro atoms. The average Bonchev–Trinajstić information content (AvgIpc) is 3.92. The second-order valence-corrected chi connectivity index (χ2v) is 15.7. The number of carboxylic acids is 2. The van der Waals surface area contributed by atoms with Crippen molar-refractivity contribution in [2.45, 2.75) is 152 Å². The van der Waals surface area contributed by atoms with Gasteiger partial charge in [0.25, 0.3) is 0 Å². The normalized spacial score (nSPS) is 33.9. The fourth-order valence-electron chi connectivity index (χ4n) is 8.14. The molecule has 4 aliphatic heterocycles. The SMILES string of the molecule is CC[C@@H]1O[C@H](CC)[C@@H]2C(=O)N(CCCCCN(Cc3cn(CCOCCO[C@@H]4OC(C(=O)O)[C@@H](O[C@H]5OC(C)[C@@H](O)[C@H](O)C5N)[C@H](O)C4O)nn3)C(=O)CCC(=O)O)C(=O)[C@@H]21. The summed E-state index contributed by atoms with van der Waals surface area (Å²) in [5.74, 6) is -4.27. The summed E-state index contributed by atoms with van der Waals surface area (Å²) in [5, 5.41) is 68.7. The van der Waals surface area contributed by atoms with Gasteiger partial charge in [0.1, 0.15) is 36.2 Å². The third-order valence-corrected chi connectivity index (χ3v) is 11.5. The van der Waals surface area contributed by atoms with Crippen LogP contribution in [0.4, 0.5) is 0 Å². The second-order valence-electron chi connectivity index (χ2n) is 15.7. The first-order valence-corrected chi connectivity index (χ1v) is 20.8. The highest BCUT2D eigenvalue weighted by atomic mass is 16.7. The number of unbranched alkanes of at least 4 members (excludes halogenated alkanes) is 2. The van der Waals surface area contributed by atoms with Crippen molar-refractivity contribution in [2.75, 3.05) is 32.9 Å². The molecule has 0 aromatic carbocycles.